The van der Waals surface area contributed by atoms with Crippen molar-refractivity contribution < 1.29 is 27.5 Å². The molecule has 1 fully saturated rings. The fourth-order valence-electron chi connectivity index (χ4n) is 3.44. The van der Waals surface area contributed by atoms with Crippen LogP contribution in [0.4, 0.5) is 18.9 Å². The summed E-state index contributed by atoms with van der Waals surface area (Å²) in [5.41, 5.74) is 1.47. The molecule has 0 atom stereocenters. The highest BCUT2D eigenvalue weighted by molar-refractivity contribution is 6.39. The molecule has 6 nitrogen and oxygen atoms in total. The number of nitrogens with zero attached hydrogens (tertiary/aromatic N) is 1. The number of nitrogens with one attached hydrogen (secondary N) is 2. The highest BCUT2D eigenvalue weighted by atomic mass is 19.4. The number of benzene rings is 2. The van der Waals surface area contributed by atoms with Crippen LogP contribution in [0.5, 0.6) is 5.75 Å². The molecule has 9 heteroatoms. The van der Waals surface area contributed by atoms with Crippen LogP contribution in [0.1, 0.15) is 18.4 Å². The lowest BCUT2D eigenvalue weighted by Gasteiger charge is -2.32. The Morgan fingerprint density at radius 3 is 2.23 bits per heavy atom. The zero-order valence-corrected chi connectivity index (χ0v) is 16.8. The van der Waals surface area contributed by atoms with Gasteiger partial charge in [0.25, 0.3) is 0 Å². The topological polar surface area (TPSA) is 70.7 Å². The highest BCUT2D eigenvalue weighted by Crippen LogP contribution is 2.24. The van der Waals surface area contributed by atoms with E-state index in [1.54, 1.807) is 0 Å². The molecule has 2 aromatic carbocycles. The number of ether oxygens (including phenoxy) is 1. The quantitative estimate of drug-likeness (QED) is 0.681. The van der Waals surface area contributed by atoms with Crippen molar-refractivity contribution in [2.75, 3.05) is 25.0 Å². The van der Waals surface area contributed by atoms with Gasteiger partial charge in [-0.2, -0.15) is 0 Å². The van der Waals surface area contributed by atoms with Crippen molar-refractivity contribution in [2.45, 2.75) is 25.7 Å². The number of alkyl halides is 3. The van der Waals surface area contributed by atoms with Crippen molar-refractivity contribution in [3.05, 3.63) is 60.2 Å². The predicted molar refractivity (Wildman–Crippen MR) is 109 cm³/mol. The van der Waals surface area contributed by atoms with Gasteiger partial charge in [0.05, 0.1) is 0 Å². The van der Waals surface area contributed by atoms with E-state index in [9.17, 15) is 22.8 Å². The van der Waals surface area contributed by atoms with Crippen LogP contribution in [0.15, 0.2) is 54.6 Å². The maximum absolute atomic E-state index is 12.2. The van der Waals surface area contributed by atoms with E-state index in [1.165, 1.54) is 17.7 Å². The Bertz CT molecular complexity index is 865. The number of rotatable bonds is 6. The van der Waals surface area contributed by atoms with Gasteiger partial charge >= 0.3 is 18.2 Å². The largest absolute Gasteiger partial charge is 0.573 e. The van der Waals surface area contributed by atoms with E-state index in [2.05, 4.69) is 32.4 Å². The molecule has 2 amide bonds. The summed E-state index contributed by atoms with van der Waals surface area (Å²) in [6.45, 7) is 3.15. The normalized spacial score (nSPS) is 15.3. The second kappa shape index (κ2) is 10.3. The number of anilines is 1. The molecule has 2 aromatic rings. The van der Waals surface area contributed by atoms with Crippen LogP contribution in [-0.2, 0) is 16.1 Å². The zero-order valence-electron chi connectivity index (χ0n) is 16.8. The van der Waals surface area contributed by atoms with Gasteiger partial charge in [-0.25, -0.2) is 0 Å². The van der Waals surface area contributed by atoms with E-state index >= 15 is 0 Å². The SMILES string of the molecule is O=C(NCC1CCN(Cc2ccccc2)CC1)C(=O)Nc1ccc(OC(F)(F)F)cc1. The van der Waals surface area contributed by atoms with Crippen LogP contribution in [0.2, 0.25) is 0 Å². The summed E-state index contributed by atoms with van der Waals surface area (Å²) in [7, 11) is 0. The van der Waals surface area contributed by atoms with Gasteiger partial charge in [0.2, 0.25) is 0 Å². The average molecular weight is 435 g/mol. The number of hydrogen-bond donors (Lipinski definition) is 2. The lowest BCUT2D eigenvalue weighted by molar-refractivity contribution is -0.274. The van der Waals surface area contributed by atoms with Crippen LogP contribution in [0.25, 0.3) is 0 Å². The summed E-state index contributed by atoms with van der Waals surface area (Å²) in [6, 6.07) is 14.8. The molecule has 0 unspecified atom stereocenters. The molecule has 31 heavy (non-hydrogen) atoms. The first kappa shape index (κ1) is 22.6. The number of likely N-dealkylation sites (tertiary alicyclic amines) is 1. The standard InChI is InChI=1S/C22H24F3N3O3/c23-22(24,25)31-19-8-6-18(7-9-19)27-21(30)20(29)26-14-16-10-12-28(13-11-16)15-17-4-2-1-3-5-17/h1-9,16H,10-15H2,(H,26,29)(H,27,30). The Morgan fingerprint density at radius 1 is 0.968 bits per heavy atom. The molecule has 0 radical (unpaired) electrons. The van der Waals surface area contributed by atoms with Gasteiger partial charge in [-0.05, 0) is 61.7 Å². The first-order valence-electron chi connectivity index (χ1n) is 10.00. The van der Waals surface area contributed by atoms with E-state index < -0.39 is 23.9 Å². The Kier molecular flexibility index (Phi) is 7.51. The van der Waals surface area contributed by atoms with E-state index in [1.807, 2.05) is 18.2 Å². The third-order valence-corrected chi connectivity index (χ3v) is 5.06. The van der Waals surface area contributed by atoms with E-state index in [-0.39, 0.29) is 5.69 Å². The smallest absolute Gasteiger partial charge is 0.406 e. The van der Waals surface area contributed by atoms with Gasteiger partial charge in [0.1, 0.15) is 5.75 Å². The van der Waals surface area contributed by atoms with E-state index in [0.717, 1.165) is 44.6 Å². The molecule has 1 aliphatic heterocycles. The molecule has 1 saturated heterocycles. The Morgan fingerprint density at radius 2 is 1.61 bits per heavy atom. The molecular weight excluding hydrogens is 411 g/mol. The van der Waals surface area contributed by atoms with Gasteiger partial charge in [-0.3, -0.25) is 14.5 Å². The molecule has 3 rings (SSSR count). The second-order valence-corrected chi connectivity index (χ2v) is 7.44. The molecule has 166 valence electrons. The molecule has 0 aliphatic carbocycles. The van der Waals surface area contributed by atoms with Crippen LogP contribution < -0.4 is 15.4 Å². The first-order chi connectivity index (χ1) is 14.8. The number of hydrogen-bond acceptors (Lipinski definition) is 4. The molecule has 0 bridgehead atoms. The minimum Gasteiger partial charge on any atom is -0.406 e. The van der Waals surface area contributed by atoms with Crippen molar-refractivity contribution in [3.63, 3.8) is 0 Å². The van der Waals surface area contributed by atoms with Gasteiger partial charge < -0.3 is 15.4 Å². The van der Waals surface area contributed by atoms with Crippen molar-refractivity contribution in [2.24, 2.45) is 5.92 Å². The highest BCUT2D eigenvalue weighted by Gasteiger charge is 2.31. The Hall–Kier alpha value is -3.07. The van der Waals surface area contributed by atoms with E-state index in [4.69, 9.17) is 0 Å². The maximum atomic E-state index is 12.2. The van der Waals surface area contributed by atoms with Crippen LogP contribution >= 0.6 is 0 Å². The summed E-state index contributed by atoms with van der Waals surface area (Å²) in [6.07, 6.45) is -2.94. The summed E-state index contributed by atoms with van der Waals surface area (Å²) in [5, 5.41) is 4.99. The third kappa shape index (κ3) is 7.60. The van der Waals surface area contributed by atoms with Crippen molar-refractivity contribution in [3.8, 4) is 5.75 Å². The van der Waals surface area contributed by atoms with Crippen molar-refractivity contribution in [1.82, 2.24) is 10.2 Å². The minimum atomic E-state index is -4.79. The molecule has 0 aromatic heterocycles. The first-order valence-corrected chi connectivity index (χ1v) is 10.00. The number of carbonyl (C=O) groups excluding carboxylic acids is 2. The summed E-state index contributed by atoms with van der Waals surface area (Å²) >= 11 is 0. The maximum Gasteiger partial charge on any atom is 0.573 e. The third-order valence-electron chi connectivity index (χ3n) is 5.06. The lowest BCUT2D eigenvalue weighted by atomic mass is 9.96. The minimum absolute atomic E-state index is 0.198. The fraction of sp³-hybridized carbons (Fsp3) is 0.364. The number of piperidine rings is 1. The Labute approximate surface area is 178 Å². The summed E-state index contributed by atoms with van der Waals surface area (Å²) < 4.78 is 40.3. The van der Waals surface area contributed by atoms with Gasteiger partial charge in [-0.1, -0.05) is 30.3 Å². The van der Waals surface area contributed by atoms with Crippen molar-refractivity contribution >= 4 is 17.5 Å². The van der Waals surface area contributed by atoms with Crippen LogP contribution in [0, 0.1) is 5.92 Å². The molecule has 0 saturated carbocycles. The van der Waals surface area contributed by atoms with Crippen LogP contribution in [-0.4, -0.2) is 42.7 Å². The summed E-state index contributed by atoms with van der Waals surface area (Å²) in [4.78, 5) is 26.4. The van der Waals surface area contributed by atoms with E-state index in [0.29, 0.717) is 12.5 Å². The molecule has 0 spiro atoms. The van der Waals surface area contributed by atoms with Gasteiger partial charge in [0, 0.05) is 18.8 Å². The number of halogens is 3. The lowest BCUT2D eigenvalue weighted by Crippen LogP contribution is -2.41. The van der Waals surface area contributed by atoms with Crippen LogP contribution in [0.3, 0.4) is 0 Å². The Balaban J connectivity index is 1.37. The second-order valence-electron chi connectivity index (χ2n) is 7.44. The van der Waals surface area contributed by atoms with Gasteiger partial charge in [0.15, 0.2) is 0 Å². The number of amides is 2. The summed E-state index contributed by atoms with van der Waals surface area (Å²) in [5.74, 6) is -1.76. The zero-order chi connectivity index (χ0) is 22.3. The fourth-order valence-corrected chi connectivity index (χ4v) is 3.44. The molecule has 2 N–H and O–H groups in total. The van der Waals surface area contributed by atoms with Crippen molar-refractivity contribution in [1.29, 1.82) is 0 Å². The monoisotopic (exact) mass is 435 g/mol. The molecule has 1 aliphatic rings. The predicted octanol–water partition coefficient (Wildman–Crippen LogP) is 3.55. The number of carbonyl (C=O) groups is 2. The molecular formula is C22H24F3N3O3. The average Bonchev–Trinajstić information content (AvgIpc) is 2.74. The molecule has 1 heterocycles. The van der Waals surface area contributed by atoms with Gasteiger partial charge in [-0.15, -0.1) is 13.2 Å².